The van der Waals surface area contributed by atoms with E-state index in [1.165, 1.54) is 0 Å². The molecule has 1 aromatic carbocycles. The number of carboxylic acids is 1. The fourth-order valence-electron chi connectivity index (χ4n) is 1.58. The Labute approximate surface area is 98.7 Å². The second kappa shape index (κ2) is 4.78. The Morgan fingerprint density at radius 1 is 1.41 bits per heavy atom. The molecule has 5 nitrogen and oxygen atoms in total. The zero-order chi connectivity index (χ0) is 12.3. The van der Waals surface area contributed by atoms with Crippen molar-refractivity contribution >= 4 is 5.97 Å². The number of aromatic nitrogens is 3. The monoisotopic (exact) mass is 231 g/mol. The van der Waals surface area contributed by atoms with Crippen LogP contribution in [-0.4, -0.2) is 26.1 Å². The van der Waals surface area contributed by atoms with Gasteiger partial charge in [-0.15, -0.1) is 5.10 Å². The van der Waals surface area contributed by atoms with Crippen LogP contribution in [0.3, 0.4) is 0 Å². The first kappa shape index (κ1) is 11.3. The van der Waals surface area contributed by atoms with Crippen LogP contribution in [0, 0.1) is 0 Å². The van der Waals surface area contributed by atoms with Crippen LogP contribution < -0.4 is 0 Å². The van der Waals surface area contributed by atoms with Gasteiger partial charge in [0.25, 0.3) is 0 Å². The predicted octanol–water partition coefficient (Wildman–Crippen LogP) is 1.85. The van der Waals surface area contributed by atoms with Crippen LogP contribution in [0.2, 0.25) is 0 Å². The van der Waals surface area contributed by atoms with Crippen LogP contribution in [0.15, 0.2) is 36.5 Å². The summed E-state index contributed by atoms with van der Waals surface area (Å²) in [5.41, 5.74) is 1.60. The molecule has 0 saturated heterocycles. The highest BCUT2D eigenvalue weighted by atomic mass is 16.4. The van der Waals surface area contributed by atoms with Crippen molar-refractivity contribution in [1.82, 2.24) is 15.0 Å². The highest BCUT2D eigenvalue weighted by molar-refractivity contribution is 5.67. The molecule has 0 spiro atoms. The maximum Gasteiger partial charge on any atom is 0.304 e. The summed E-state index contributed by atoms with van der Waals surface area (Å²) in [6, 6.07) is 9.59. The van der Waals surface area contributed by atoms with Crippen molar-refractivity contribution in [3.05, 3.63) is 42.2 Å². The molecule has 1 aromatic heterocycles. The van der Waals surface area contributed by atoms with Gasteiger partial charge < -0.3 is 5.11 Å². The van der Waals surface area contributed by atoms with E-state index in [1.807, 2.05) is 37.3 Å². The first-order valence-corrected chi connectivity index (χ1v) is 5.36. The number of nitrogens with zero attached hydrogens (tertiary/aromatic N) is 3. The third-order valence-electron chi connectivity index (χ3n) is 2.52. The maximum atomic E-state index is 10.6. The van der Waals surface area contributed by atoms with Crippen molar-refractivity contribution < 1.29 is 9.90 Å². The Morgan fingerprint density at radius 3 is 2.76 bits per heavy atom. The molecule has 1 unspecified atom stereocenters. The normalized spacial score (nSPS) is 12.3. The third kappa shape index (κ3) is 2.69. The molecule has 2 aromatic rings. The fraction of sp³-hybridized carbons (Fsp3) is 0.250. The van der Waals surface area contributed by atoms with Crippen LogP contribution in [0.4, 0.5) is 0 Å². The lowest BCUT2D eigenvalue weighted by molar-refractivity contribution is -0.137. The minimum Gasteiger partial charge on any atom is -0.481 e. The number of para-hydroxylation sites is 1. The van der Waals surface area contributed by atoms with Gasteiger partial charge in [-0.3, -0.25) is 4.79 Å². The summed E-state index contributed by atoms with van der Waals surface area (Å²) < 4.78 is 1.65. The molecular formula is C12H13N3O2. The molecule has 0 radical (unpaired) electrons. The minimum absolute atomic E-state index is 0.0630. The summed E-state index contributed by atoms with van der Waals surface area (Å²) in [5.74, 6) is -0.961. The van der Waals surface area contributed by atoms with E-state index in [2.05, 4.69) is 10.3 Å². The maximum absolute atomic E-state index is 10.6. The van der Waals surface area contributed by atoms with Crippen molar-refractivity contribution in [2.45, 2.75) is 19.3 Å². The zero-order valence-electron chi connectivity index (χ0n) is 9.45. The summed E-state index contributed by atoms with van der Waals surface area (Å²) in [4.78, 5) is 10.6. The van der Waals surface area contributed by atoms with E-state index in [0.29, 0.717) is 5.69 Å². The molecule has 0 fully saturated rings. The fourth-order valence-corrected chi connectivity index (χ4v) is 1.58. The van der Waals surface area contributed by atoms with E-state index >= 15 is 0 Å². The lowest BCUT2D eigenvalue weighted by Gasteiger charge is -2.02. The van der Waals surface area contributed by atoms with Gasteiger partial charge >= 0.3 is 5.97 Å². The first-order valence-electron chi connectivity index (χ1n) is 5.36. The number of hydrogen-bond donors (Lipinski definition) is 1. The number of benzene rings is 1. The molecule has 0 amide bonds. The summed E-state index contributed by atoms with van der Waals surface area (Å²) in [6.45, 7) is 1.83. The quantitative estimate of drug-likeness (QED) is 0.871. The number of carbonyl (C=O) groups is 1. The van der Waals surface area contributed by atoms with Crippen molar-refractivity contribution in [2.24, 2.45) is 0 Å². The summed E-state index contributed by atoms with van der Waals surface area (Å²) in [5, 5.41) is 16.7. The Kier molecular flexibility index (Phi) is 3.18. The van der Waals surface area contributed by atoms with Gasteiger partial charge in [-0.1, -0.05) is 30.3 Å². The highest BCUT2D eigenvalue weighted by Crippen LogP contribution is 2.17. The summed E-state index contributed by atoms with van der Waals surface area (Å²) in [7, 11) is 0. The van der Waals surface area contributed by atoms with Gasteiger partial charge in [-0.2, -0.15) is 0 Å². The van der Waals surface area contributed by atoms with Gasteiger partial charge in [0.05, 0.1) is 24.0 Å². The largest absolute Gasteiger partial charge is 0.481 e. The van der Waals surface area contributed by atoms with Crippen molar-refractivity contribution in [3.63, 3.8) is 0 Å². The van der Waals surface area contributed by atoms with Crippen molar-refractivity contribution in [1.29, 1.82) is 0 Å². The molecule has 5 heteroatoms. The lowest BCUT2D eigenvalue weighted by Crippen LogP contribution is -2.03. The molecule has 2 rings (SSSR count). The van der Waals surface area contributed by atoms with Crippen LogP contribution >= 0.6 is 0 Å². The minimum atomic E-state index is -0.827. The average Bonchev–Trinajstić information content (AvgIpc) is 2.78. The molecule has 0 aliphatic heterocycles. The number of carboxylic acid groups (broad SMARTS) is 1. The zero-order valence-corrected chi connectivity index (χ0v) is 9.45. The molecule has 1 atom stereocenters. The van der Waals surface area contributed by atoms with Crippen LogP contribution in [0.5, 0.6) is 0 Å². The Bertz CT molecular complexity index is 507. The number of hydrogen-bond acceptors (Lipinski definition) is 3. The van der Waals surface area contributed by atoms with E-state index in [0.717, 1.165) is 5.69 Å². The molecule has 0 aliphatic rings. The van der Waals surface area contributed by atoms with Gasteiger partial charge in [-0.25, -0.2) is 4.68 Å². The average molecular weight is 231 g/mol. The topological polar surface area (TPSA) is 68.0 Å². The summed E-state index contributed by atoms with van der Waals surface area (Å²) >= 11 is 0. The van der Waals surface area contributed by atoms with E-state index in [4.69, 9.17) is 5.11 Å². The van der Waals surface area contributed by atoms with Gasteiger partial charge in [0.15, 0.2) is 0 Å². The predicted molar refractivity (Wildman–Crippen MR) is 62.0 cm³/mol. The Balaban J connectivity index is 2.19. The second-order valence-electron chi connectivity index (χ2n) is 3.92. The SMILES string of the molecule is CC(CC(=O)O)c1cn(-c2ccccc2)nn1. The molecular weight excluding hydrogens is 218 g/mol. The third-order valence-corrected chi connectivity index (χ3v) is 2.52. The van der Waals surface area contributed by atoms with Gasteiger partial charge in [0.2, 0.25) is 0 Å². The summed E-state index contributed by atoms with van der Waals surface area (Å²) in [6.07, 6.45) is 1.83. The molecule has 17 heavy (non-hydrogen) atoms. The van der Waals surface area contributed by atoms with Gasteiger partial charge in [0, 0.05) is 5.92 Å². The Hall–Kier alpha value is -2.17. The lowest BCUT2D eigenvalue weighted by atomic mass is 10.1. The van der Waals surface area contributed by atoms with E-state index in [1.54, 1.807) is 10.9 Å². The molecule has 0 aliphatic carbocycles. The number of rotatable bonds is 4. The highest BCUT2D eigenvalue weighted by Gasteiger charge is 2.14. The van der Waals surface area contributed by atoms with Crippen LogP contribution in [-0.2, 0) is 4.79 Å². The second-order valence-corrected chi connectivity index (χ2v) is 3.92. The molecule has 1 heterocycles. The van der Waals surface area contributed by atoms with Crippen molar-refractivity contribution in [3.8, 4) is 5.69 Å². The van der Waals surface area contributed by atoms with E-state index in [-0.39, 0.29) is 12.3 Å². The standard InChI is InChI=1S/C12H13N3O2/c1-9(7-12(16)17)11-8-15(14-13-11)10-5-3-2-4-6-10/h2-6,8-9H,7H2,1H3,(H,16,17). The first-order chi connectivity index (χ1) is 8.16. The molecule has 0 bridgehead atoms. The number of aliphatic carboxylic acids is 1. The van der Waals surface area contributed by atoms with E-state index in [9.17, 15) is 4.79 Å². The molecule has 1 N–H and O–H groups in total. The van der Waals surface area contributed by atoms with E-state index < -0.39 is 5.97 Å². The smallest absolute Gasteiger partial charge is 0.304 e. The van der Waals surface area contributed by atoms with Crippen molar-refractivity contribution in [2.75, 3.05) is 0 Å². The van der Waals surface area contributed by atoms with Crippen LogP contribution in [0.1, 0.15) is 25.0 Å². The molecule has 88 valence electrons. The molecule has 0 saturated carbocycles. The Morgan fingerprint density at radius 2 is 2.12 bits per heavy atom. The van der Waals surface area contributed by atoms with Gasteiger partial charge in [0.1, 0.15) is 0 Å². The van der Waals surface area contributed by atoms with Gasteiger partial charge in [-0.05, 0) is 12.1 Å². The van der Waals surface area contributed by atoms with Crippen LogP contribution in [0.25, 0.3) is 5.69 Å².